The molecule has 0 saturated carbocycles. The van der Waals surface area contributed by atoms with E-state index in [2.05, 4.69) is 11.9 Å². The highest BCUT2D eigenvalue weighted by Gasteiger charge is 2.55. The molecular formula is C19H27BNO8-. The summed E-state index contributed by atoms with van der Waals surface area (Å²) >= 11 is 0. The molecule has 1 unspecified atom stereocenters. The molecule has 2 aliphatic rings. The van der Waals surface area contributed by atoms with Crippen LogP contribution >= 0.6 is 0 Å². The number of aliphatic hydroxyl groups excluding tert-OH is 1. The predicted octanol–water partition coefficient (Wildman–Crippen LogP) is -0.970. The molecule has 2 heterocycles. The normalized spacial score (nSPS) is 35.3. The fourth-order valence-electron chi connectivity index (χ4n) is 3.68. The number of benzene rings is 1. The minimum Gasteiger partial charge on any atom is -0.555 e. The standard InChI is InChI=1S/C19H27BNO8/c1-4-12-5-7-13(8-6-12)20(26)28-14-9-27-19(25,17(22)16(14)29-20)10-21-15(11(2)3)18(23)24/h4-8,11,14-17,21-22,25-26H,1,9-10H2,2-3H3,(H,23,24)/q-1/t14-,15+,16-,17+,19-,20?/m1/s1. The molecule has 2 aliphatic heterocycles. The molecule has 0 bridgehead atoms. The molecule has 10 heteroatoms. The predicted molar refractivity (Wildman–Crippen MR) is 105 cm³/mol. The topological polar surface area (TPSA) is 138 Å². The maximum Gasteiger partial charge on any atom is 0.407 e. The SMILES string of the molecule is C=Cc1ccc([B-]2(O)O[C@@H]3[C@@H](CO[C@](O)(CN[C@H](C(=O)O)C(C)C)[C@H]3O)O2)cc1. The maximum absolute atomic E-state index is 11.3. The van der Waals surface area contributed by atoms with Gasteiger partial charge in [-0.1, -0.05) is 50.8 Å². The van der Waals surface area contributed by atoms with Gasteiger partial charge in [-0.25, -0.2) is 0 Å². The number of carboxylic acid groups (broad SMARTS) is 1. The van der Waals surface area contributed by atoms with Crippen molar-refractivity contribution in [3.05, 3.63) is 36.4 Å². The second-order valence-electron chi connectivity index (χ2n) is 7.86. The zero-order valence-electron chi connectivity index (χ0n) is 16.4. The molecule has 0 aliphatic carbocycles. The van der Waals surface area contributed by atoms with Crippen molar-refractivity contribution in [2.45, 2.75) is 44.0 Å². The Morgan fingerprint density at radius 3 is 2.59 bits per heavy atom. The minimum absolute atomic E-state index is 0.145. The van der Waals surface area contributed by atoms with Gasteiger partial charge in [-0.05, 0) is 11.5 Å². The van der Waals surface area contributed by atoms with Crippen LogP contribution in [0, 0.1) is 5.92 Å². The fraction of sp³-hybridized carbons (Fsp3) is 0.526. The number of nitrogens with one attached hydrogen (secondary N) is 1. The summed E-state index contributed by atoms with van der Waals surface area (Å²) in [5, 5.41) is 44.3. The van der Waals surface area contributed by atoms with Gasteiger partial charge >= 0.3 is 12.7 Å². The molecule has 2 saturated heterocycles. The van der Waals surface area contributed by atoms with Crippen molar-refractivity contribution in [1.82, 2.24) is 5.32 Å². The largest absolute Gasteiger partial charge is 0.555 e. The Morgan fingerprint density at radius 2 is 2.03 bits per heavy atom. The summed E-state index contributed by atoms with van der Waals surface area (Å²) in [7, 11) is 0. The van der Waals surface area contributed by atoms with Crippen molar-refractivity contribution in [2.24, 2.45) is 5.92 Å². The summed E-state index contributed by atoms with van der Waals surface area (Å²) in [5.41, 5.74) is 1.23. The van der Waals surface area contributed by atoms with Crippen molar-refractivity contribution in [2.75, 3.05) is 13.2 Å². The van der Waals surface area contributed by atoms with Gasteiger partial charge in [0.1, 0.15) is 12.1 Å². The van der Waals surface area contributed by atoms with E-state index in [1.54, 1.807) is 44.2 Å². The first-order valence-corrected chi connectivity index (χ1v) is 9.55. The highest BCUT2D eigenvalue weighted by molar-refractivity contribution is 6.74. The molecule has 3 rings (SSSR count). The average molecular weight is 408 g/mol. The van der Waals surface area contributed by atoms with Crippen molar-refractivity contribution in [1.29, 1.82) is 0 Å². The molecular weight excluding hydrogens is 381 g/mol. The van der Waals surface area contributed by atoms with Crippen molar-refractivity contribution in [3.8, 4) is 0 Å². The van der Waals surface area contributed by atoms with E-state index in [-0.39, 0.29) is 19.1 Å². The summed E-state index contributed by atoms with van der Waals surface area (Å²) in [6.45, 7) is 3.75. The van der Waals surface area contributed by atoms with Crippen LogP contribution in [0.2, 0.25) is 0 Å². The molecule has 0 radical (unpaired) electrons. The van der Waals surface area contributed by atoms with E-state index in [9.17, 15) is 25.1 Å². The molecule has 0 aromatic heterocycles. The molecule has 2 fully saturated rings. The molecule has 1 aromatic carbocycles. The van der Waals surface area contributed by atoms with Crippen molar-refractivity contribution >= 4 is 24.3 Å². The Bertz CT molecular complexity index is 759. The number of hydrogen-bond donors (Lipinski definition) is 5. The number of hydrogen-bond acceptors (Lipinski definition) is 8. The zero-order valence-corrected chi connectivity index (χ0v) is 16.4. The lowest BCUT2D eigenvalue weighted by Crippen LogP contribution is -2.65. The van der Waals surface area contributed by atoms with Gasteiger partial charge in [0.15, 0.2) is 0 Å². The van der Waals surface area contributed by atoms with Gasteiger partial charge in [0.2, 0.25) is 5.79 Å². The number of ether oxygens (including phenoxy) is 1. The van der Waals surface area contributed by atoms with Crippen LogP contribution in [0.3, 0.4) is 0 Å². The minimum atomic E-state index is -2.88. The van der Waals surface area contributed by atoms with E-state index >= 15 is 0 Å². The second kappa shape index (κ2) is 8.15. The van der Waals surface area contributed by atoms with Gasteiger partial charge in [0.25, 0.3) is 0 Å². The number of carboxylic acids is 1. The molecule has 160 valence electrons. The van der Waals surface area contributed by atoms with Gasteiger partial charge in [0.05, 0.1) is 25.4 Å². The molecule has 5 N–H and O–H groups in total. The van der Waals surface area contributed by atoms with Crippen LogP contribution in [0.4, 0.5) is 0 Å². The molecule has 6 atom stereocenters. The number of rotatable bonds is 7. The Morgan fingerprint density at radius 1 is 1.38 bits per heavy atom. The van der Waals surface area contributed by atoms with Crippen LogP contribution in [0.15, 0.2) is 30.8 Å². The smallest absolute Gasteiger partial charge is 0.407 e. The number of aliphatic carboxylic acids is 1. The zero-order chi connectivity index (χ0) is 21.4. The van der Waals surface area contributed by atoms with E-state index in [4.69, 9.17) is 14.0 Å². The molecule has 1 aromatic rings. The van der Waals surface area contributed by atoms with Crippen LogP contribution in [-0.4, -0.2) is 76.4 Å². The summed E-state index contributed by atoms with van der Waals surface area (Å²) in [4.78, 5) is 11.3. The van der Waals surface area contributed by atoms with Gasteiger partial charge in [-0.2, -0.15) is 0 Å². The monoisotopic (exact) mass is 408 g/mol. The number of aliphatic hydroxyl groups is 2. The number of fused-ring (bicyclic) bond motifs is 1. The average Bonchev–Trinajstić information content (AvgIpc) is 3.03. The maximum atomic E-state index is 11.3. The van der Waals surface area contributed by atoms with E-state index < -0.39 is 42.9 Å². The van der Waals surface area contributed by atoms with Crippen LogP contribution < -0.4 is 10.8 Å². The second-order valence-corrected chi connectivity index (χ2v) is 7.86. The van der Waals surface area contributed by atoms with Crippen molar-refractivity contribution in [3.63, 3.8) is 0 Å². The van der Waals surface area contributed by atoms with Gasteiger partial charge in [0, 0.05) is 0 Å². The van der Waals surface area contributed by atoms with Gasteiger partial charge in [-0.3, -0.25) is 10.1 Å². The van der Waals surface area contributed by atoms with Crippen molar-refractivity contribution < 1.29 is 39.2 Å². The first-order chi connectivity index (χ1) is 13.6. The Balaban J connectivity index is 1.73. The summed E-state index contributed by atoms with van der Waals surface area (Å²) < 4.78 is 16.7. The lowest BCUT2D eigenvalue weighted by atomic mass is 9.70. The van der Waals surface area contributed by atoms with Crippen LogP contribution in [-0.2, 0) is 18.8 Å². The van der Waals surface area contributed by atoms with Gasteiger partial charge in [-0.15, -0.1) is 5.46 Å². The first-order valence-electron chi connectivity index (χ1n) is 9.55. The van der Waals surface area contributed by atoms with Crippen LogP contribution in [0.1, 0.15) is 19.4 Å². The van der Waals surface area contributed by atoms with E-state index in [1.165, 1.54) is 0 Å². The van der Waals surface area contributed by atoms with Crippen LogP contribution in [0.5, 0.6) is 0 Å². The highest BCUT2D eigenvalue weighted by Crippen LogP contribution is 2.34. The molecule has 29 heavy (non-hydrogen) atoms. The Hall–Kier alpha value is -1.79. The third-order valence-corrected chi connectivity index (χ3v) is 5.44. The Labute approximate surface area is 168 Å². The van der Waals surface area contributed by atoms with E-state index in [1.807, 2.05) is 0 Å². The van der Waals surface area contributed by atoms with Crippen LogP contribution in [0.25, 0.3) is 6.08 Å². The first kappa shape index (κ1) is 21.9. The Kier molecular flexibility index (Phi) is 6.16. The summed E-state index contributed by atoms with van der Waals surface area (Å²) in [6, 6.07) is 5.81. The third kappa shape index (κ3) is 4.24. The van der Waals surface area contributed by atoms with E-state index in [0.717, 1.165) is 5.56 Å². The lowest BCUT2D eigenvalue weighted by molar-refractivity contribution is -0.303. The summed E-state index contributed by atoms with van der Waals surface area (Å²) in [6.07, 6.45) is -1.76. The fourth-order valence-corrected chi connectivity index (χ4v) is 3.68. The number of carbonyl (C=O) groups is 1. The summed E-state index contributed by atoms with van der Waals surface area (Å²) in [5.74, 6) is -3.42. The van der Waals surface area contributed by atoms with E-state index in [0.29, 0.717) is 5.46 Å². The highest BCUT2D eigenvalue weighted by atomic mass is 16.8. The quantitative estimate of drug-likeness (QED) is 0.361. The molecule has 0 amide bonds. The molecule has 9 nitrogen and oxygen atoms in total. The lowest BCUT2D eigenvalue weighted by Gasteiger charge is -2.44. The van der Waals surface area contributed by atoms with Gasteiger partial charge < -0.3 is 34.4 Å². The third-order valence-electron chi connectivity index (χ3n) is 5.44. The molecule has 0 spiro atoms.